The summed E-state index contributed by atoms with van der Waals surface area (Å²) < 4.78 is 205. The molecule has 0 bridgehead atoms. The largest absolute Gasteiger partial charge is 0.456 e. The molecular weight excluding hydrogens is 683 g/mol. The molecule has 0 saturated carbocycles. The fourth-order valence-electron chi connectivity index (χ4n) is 2.32. The molecule has 0 amide bonds. The zero-order valence-corrected chi connectivity index (χ0v) is 23.2. The van der Waals surface area contributed by atoms with Crippen molar-refractivity contribution >= 4 is 11.9 Å². The maximum absolute atomic E-state index is 15.0. The molecule has 10 nitrogen and oxygen atoms in total. The molecule has 0 heterocycles. The summed E-state index contributed by atoms with van der Waals surface area (Å²) in [6.07, 6.45) is -16.7. The van der Waals surface area contributed by atoms with Gasteiger partial charge in [-0.3, -0.25) is 4.74 Å². The summed E-state index contributed by atoms with van der Waals surface area (Å²) >= 11 is 0. The summed E-state index contributed by atoms with van der Waals surface area (Å²) in [6.45, 7) is -9.41. The number of rotatable bonds is 25. The first-order valence-electron chi connectivity index (χ1n) is 12.1. The van der Waals surface area contributed by atoms with E-state index in [1.54, 1.807) is 0 Å². The van der Waals surface area contributed by atoms with Crippen LogP contribution in [0.2, 0.25) is 0 Å². The number of ether oxygens (including phenoxy) is 7. The van der Waals surface area contributed by atoms with Crippen molar-refractivity contribution in [3.8, 4) is 0 Å². The Kier molecular flexibility index (Phi) is 16.4. The van der Waals surface area contributed by atoms with Gasteiger partial charge in [-0.15, -0.1) is 0 Å². The third-order valence-corrected chi connectivity index (χ3v) is 4.79. The van der Waals surface area contributed by atoms with Gasteiger partial charge in [-0.25, -0.2) is 14.0 Å². The third-order valence-electron chi connectivity index (χ3n) is 4.79. The van der Waals surface area contributed by atoms with Crippen LogP contribution in [0.3, 0.4) is 0 Å². The van der Waals surface area contributed by atoms with E-state index in [0.29, 0.717) is 12.2 Å². The fraction of sp³-hybridized carbons (Fsp3) is 0.739. The Labute approximate surface area is 250 Å². The summed E-state index contributed by atoms with van der Waals surface area (Å²) in [4.78, 5) is 21.6. The number of esters is 2. The monoisotopic (exact) mass is 710 g/mol. The van der Waals surface area contributed by atoms with E-state index in [4.69, 9.17) is 9.84 Å². The maximum Gasteiger partial charge on any atom is 0.424 e. The first kappa shape index (κ1) is 43.3. The molecule has 0 aromatic heterocycles. The Balaban J connectivity index is 5.09. The summed E-state index contributed by atoms with van der Waals surface area (Å²) in [7, 11) is 0. The van der Waals surface area contributed by atoms with Gasteiger partial charge >= 0.3 is 48.0 Å². The number of hydrogen-bond acceptors (Lipinski definition) is 10. The first-order valence-corrected chi connectivity index (χ1v) is 12.1. The number of aliphatic hydroxyl groups is 1. The van der Waals surface area contributed by atoms with Crippen molar-refractivity contribution in [3.63, 3.8) is 0 Å². The topological polar surface area (TPSA) is 119 Å². The quantitative estimate of drug-likeness (QED) is 0.0638. The van der Waals surface area contributed by atoms with Crippen LogP contribution in [-0.2, 0) is 42.7 Å². The van der Waals surface area contributed by atoms with Crippen LogP contribution in [0.1, 0.15) is 6.42 Å². The minimum absolute atomic E-state index is 0.294. The van der Waals surface area contributed by atoms with Crippen molar-refractivity contribution in [2.75, 3.05) is 59.5 Å². The number of carbonyl (C=O) groups is 2. The number of carbonyl (C=O) groups excluding carboxylic acids is 2. The van der Waals surface area contributed by atoms with Crippen LogP contribution in [0.5, 0.6) is 0 Å². The molecule has 1 atom stereocenters. The van der Waals surface area contributed by atoms with Crippen molar-refractivity contribution in [1.82, 2.24) is 0 Å². The van der Waals surface area contributed by atoms with Crippen LogP contribution >= 0.6 is 0 Å². The molecule has 0 aliphatic carbocycles. The van der Waals surface area contributed by atoms with Crippen LogP contribution in [0.4, 0.5) is 57.1 Å². The van der Waals surface area contributed by atoms with Gasteiger partial charge in [-0.05, 0) is 6.42 Å². The molecule has 1 unspecified atom stereocenters. The van der Waals surface area contributed by atoms with Gasteiger partial charge in [0, 0.05) is 18.8 Å². The molecule has 0 fully saturated rings. The van der Waals surface area contributed by atoms with Gasteiger partial charge in [-0.1, -0.05) is 13.2 Å². The summed E-state index contributed by atoms with van der Waals surface area (Å²) in [6, 6.07) is 0. The van der Waals surface area contributed by atoms with Gasteiger partial charge in [0.1, 0.15) is 19.8 Å². The van der Waals surface area contributed by atoms with Crippen molar-refractivity contribution in [1.29, 1.82) is 0 Å². The summed E-state index contributed by atoms with van der Waals surface area (Å²) in [5.41, 5.74) is 0. The highest BCUT2D eigenvalue weighted by Crippen LogP contribution is 2.41. The van der Waals surface area contributed by atoms with E-state index >= 15 is 0 Å². The normalized spacial score (nSPS) is 14.8. The maximum atomic E-state index is 15.0. The van der Waals surface area contributed by atoms with Gasteiger partial charge in [0.15, 0.2) is 13.2 Å². The van der Waals surface area contributed by atoms with Gasteiger partial charge in [-0.2, -0.15) is 52.7 Å². The van der Waals surface area contributed by atoms with E-state index in [1.165, 1.54) is 0 Å². The van der Waals surface area contributed by atoms with E-state index in [9.17, 15) is 66.7 Å². The lowest BCUT2D eigenvalue weighted by Crippen LogP contribution is -2.55. The molecule has 0 saturated heterocycles. The predicted molar refractivity (Wildman–Crippen MR) is 122 cm³/mol. The molecule has 46 heavy (non-hydrogen) atoms. The van der Waals surface area contributed by atoms with E-state index < -0.39 is 120 Å². The molecule has 270 valence electrons. The van der Waals surface area contributed by atoms with E-state index in [2.05, 4.69) is 41.6 Å². The lowest BCUT2D eigenvalue weighted by atomic mass is 10.3. The average Bonchev–Trinajstić information content (AvgIpc) is 2.96. The van der Waals surface area contributed by atoms with Gasteiger partial charge in [0.2, 0.25) is 0 Å². The molecule has 0 rings (SSSR count). The zero-order chi connectivity index (χ0) is 36.1. The molecule has 0 aromatic rings. The van der Waals surface area contributed by atoms with Crippen molar-refractivity contribution in [2.24, 2.45) is 0 Å². The van der Waals surface area contributed by atoms with Gasteiger partial charge in [0.25, 0.3) is 5.85 Å². The molecule has 23 heteroatoms. The van der Waals surface area contributed by atoms with Crippen LogP contribution in [0, 0.1) is 0 Å². The predicted octanol–water partition coefficient (Wildman–Crippen LogP) is 4.26. The second-order valence-corrected chi connectivity index (χ2v) is 8.59. The van der Waals surface area contributed by atoms with Crippen molar-refractivity contribution in [2.45, 2.75) is 48.4 Å². The van der Waals surface area contributed by atoms with Gasteiger partial charge < -0.3 is 33.5 Å². The standard InChI is InChI=1S/C23H27F13O10/c1-3-15(38)42-13-19(27,28)21(31,32)44-7-5-6-40-8-9-41-11-17(24,46-23(35,36)18(25,26)10-37)12-45-22(33,34)20(29,30)14-43-16(39)4-2/h3-4,37H,1-2,5-14H2. The highest BCUT2D eigenvalue weighted by atomic mass is 19.3. The first-order chi connectivity index (χ1) is 20.8. The van der Waals surface area contributed by atoms with E-state index in [-0.39, 0.29) is 0 Å². The van der Waals surface area contributed by atoms with Crippen LogP contribution in [0.15, 0.2) is 25.3 Å². The number of alkyl halides is 13. The van der Waals surface area contributed by atoms with Gasteiger partial charge in [0.05, 0.1) is 19.8 Å². The van der Waals surface area contributed by atoms with Crippen LogP contribution in [0.25, 0.3) is 0 Å². The minimum atomic E-state index is -5.97. The molecule has 0 aliphatic rings. The number of hydrogen-bond donors (Lipinski definition) is 1. The molecule has 0 radical (unpaired) electrons. The molecule has 1 N–H and O–H groups in total. The van der Waals surface area contributed by atoms with E-state index in [1.807, 2.05) is 0 Å². The Morgan fingerprint density at radius 3 is 1.48 bits per heavy atom. The summed E-state index contributed by atoms with van der Waals surface area (Å²) in [5.74, 6) is -23.5. The highest BCUT2D eigenvalue weighted by molar-refractivity contribution is 5.81. The number of aliphatic hydroxyl groups excluding tert-OH is 1. The lowest BCUT2D eigenvalue weighted by molar-refractivity contribution is -0.432. The molecular formula is C23H27F13O10. The lowest BCUT2D eigenvalue weighted by Gasteiger charge is -2.34. The zero-order valence-electron chi connectivity index (χ0n) is 23.2. The minimum Gasteiger partial charge on any atom is -0.456 e. The Morgan fingerprint density at radius 1 is 0.565 bits per heavy atom. The molecule has 0 aliphatic heterocycles. The highest BCUT2D eigenvalue weighted by Gasteiger charge is 2.64. The van der Waals surface area contributed by atoms with Crippen molar-refractivity contribution in [3.05, 3.63) is 25.3 Å². The number of halogens is 13. The van der Waals surface area contributed by atoms with Crippen LogP contribution < -0.4 is 0 Å². The summed E-state index contributed by atoms with van der Waals surface area (Å²) in [5, 5.41) is 8.40. The van der Waals surface area contributed by atoms with Crippen LogP contribution in [-0.4, -0.2) is 118 Å². The second kappa shape index (κ2) is 17.4. The average molecular weight is 710 g/mol. The molecule has 0 aromatic carbocycles. The Bertz CT molecular complexity index is 998. The Hall–Kier alpha value is -2.73. The van der Waals surface area contributed by atoms with E-state index in [0.717, 1.165) is 0 Å². The van der Waals surface area contributed by atoms with Crippen molar-refractivity contribution < 1.29 is 105 Å². The molecule has 0 spiro atoms. The third kappa shape index (κ3) is 13.6. The fourth-order valence-corrected chi connectivity index (χ4v) is 2.32. The SMILES string of the molecule is C=CC(=O)OCC(F)(F)C(F)(F)OCCCOCCOCC(F)(COC(F)(F)C(F)(F)COC(=O)C=C)OC(F)(F)C(F)(F)CO. The second-order valence-electron chi connectivity index (χ2n) is 8.59. The smallest absolute Gasteiger partial charge is 0.424 e. The Morgan fingerprint density at radius 2 is 1.02 bits per heavy atom.